The van der Waals surface area contributed by atoms with Gasteiger partial charge in [0.1, 0.15) is 0 Å². The van der Waals surface area contributed by atoms with Gasteiger partial charge in [-0.15, -0.1) is 11.6 Å². The van der Waals surface area contributed by atoms with E-state index in [1.54, 1.807) is 7.11 Å². The first-order valence-electron chi connectivity index (χ1n) is 4.77. The van der Waals surface area contributed by atoms with Crippen molar-refractivity contribution in [1.82, 2.24) is 5.32 Å². The molecule has 1 fully saturated rings. The van der Waals surface area contributed by atoms with Crippen LogP contribution in [0.1, 0.15) is 12.8 Å². The molecule has 0 saturated heterocycles. The Balaban J connectivity index is 1.74. The average Bonchev–Trinajstić information content (AvgIpc) is 2.07. The van der Waals surface area contributed by atoms with Gasteiger partial charge >= 0.3 is 0 Å². The molecule has 1 aliphatic carbocycles. The SMILES string of the molecule is COCCOCCNC1CC(Cl)C1. The minimum atomic E-state index is 0.395. The Morgan fingerprint density at radius 1 is 1.31 bits per heavy atom. The molecule has 0 amide bonds. The molecular weight excluding hydrogens is 190 g/mol. The lowest BCUT2D eigenvalue weighted by Gasteiger charge is -2.31. The van der Waals surface area contributed by atoms with Crippen molar-refractivity contribution in [2.24, 2.45) is 0 Å². The maximum Gasteiger partial charge on any atom is 0.0700 e. The summed E-state index contributed by atoms with van der Waals surface area (Å²) in [6.45, 7) is 3.03. The molecule has 4 heteroatoms. The minimum absolute atomic E-state index is 0.395. The van der Waals surface area contributed by atoms with Gasteiger partial charge in [0, 0.05) is 25.1 Å². The second-order valence-electron chi connectivity index (χ2n) is 3.32. The van der Waals surface area contributed by atoms with E-state index < -0.39 is 0 Å². The Kier molecular flexibility index (Phi) is 5.71. The first-order chi connectivity index (χ1) is 6.33. The van der Waals surface area contributed by atoms with Crippen molar-refractivity contribution in [2.75, 3.05) is 33.5 Å². The number of alkyl halides is 1. The topological polar surface area (TPSA) is 30.5 Å². The van der Waals surface area contributed by atoms with E-state index in [9.17, 15) is 0 Å². The lowest BCUT2D eigenvalue weighted by Crippen LogP contribution is -2.43. The Morgan fingerprint density at radius 2 is 2.08 bits per heavy atom. The van der Waals surface area contributed by atoms with Gasteiger partial charge in [0.25, 0.3) is 0 Å². The summed E-state index contributed by atoms with van der Waals surface area (Å²) in [4.78, 5) is 0. The first-order valence-corrected chi connectivity index (χ1v) is 5.20. The van der Waals surface area contributed by atoms with Crippen molar-refractivity contribution in [3.8, 4) is 0 Å². The predicted octanol–water partition coefficient (Wildman–Crippen LogP) is 1.01. The zero-order chi connectivity index (χ0) is 9.52. The molecule has 1 rings (SSSR count). The van der Waals surface area contributed by atoms with Crippen LogP contribution in [0.15, 0.2) is 0 Å². The standard InChI is InChI=1S/C9H18ClNO2/c1-12-4-5-13-3-2-11-9-6-8(10)7-9/h8-9,11H,2-7H2,1H3. The Labute approximate surface area is 84.7 Å². The van der Waals surface area contributed by atoms with Crippen LogP contribution in [0.5, 0.6) is 0 Å². The predicted molar refractivity (Wildman–Crippen MR) is 53.4 cm³/mol. The van der Waals surface area contributed by atoms with Crippen molar-refractivity contribution in [3.63, 3.8) is 0 Å². The van der Waals surface area contributed by atoms with E-state index in [0.29, 0.717) is 24.6 Å². The average molecular weight is 208 g/mol. The lowest BCUT2D eigenvalue weighted by molar-refractivity contribution is 0.0700. The van der Waals surface area contributed by atoms with E-state index in [-0.39, 0.29) is 0 Å². The van der Waals surface area contributed by atoms with E-state index in [1.165, 1.54) is 0 Å². The molecule has 78 valence electrons. The summed E-state index contributed by atoms with van der Waals surface area (Å²) in [6, 6.07) is 0.619. The molecule has 0 aromatic rings. The van der Waals surface area contributed by atoms with Gasteiger partial charge < -0.3 is 14.8 Å². The van der Waals surface area contributed by atoms with Gasteiger partial charge in [-0.05, 0) is 12.8 Å². The quantitative estimate of drug-likeness (QED) is 0.499. The van der Waals surface area contributed by atoms with Crippen LogP contribution in [0.3, 0.4) is 0 Å². The maximum absolute atomic E-state index is 5.84. The number of methoxy groups -OCH3 is 1. The second kappa shape index (κ2) is 6.60. The molecule has 1 N–H and O–H groups in total. The lowest BCUT2D eigenvalue weighted by atomic mass is 9.92. The highest BCUT2D eigenvalue weighted by Gasteiger charge is 2.25. The summed E-state index contributed by atoms with van der Waals surface area (Å²) < 4.78 is 10.2. The fourth-order valence-electron chi connectivity index (χ4n) is 1.29. The summed E-state index contributed by atoms with van der Waals surface area (Å²) >= 11 is 5.84. The summed E-state index contributed by atoms with van der Waals surface area (Å²) in [5.74, 6) is 0. The molecule has 1 saturated carbocycles. The molecule has 0 spiro atoms. The number of nitrogens with one attached hydrogen (secondary N) is 1. The van der Waals surface area contributed by atoms with Crippen LogP contribution in [0.25, 0.3) is 0 Å². The zero-order valence-electron chi connectivity index (χ0n) is 8.09. The van der Waals surface area contributed by atoms with Gasteiger partial charge in [-0.1, -0.05) is 0 Å². The van der Waals surface area contributed by atoms with Gasteiger partial charge in [-0.25, -0.2) is 0 Å². The van der Waals surface area contributed by atoms with Crippen LogP contribution >= 0.6 is 11.6 Å². The van der Waals surface area contributed by atoms with Crippen LogP contribution in [0.2, 0.25) is 0 Å². The van der Waals surface area contributed by atoms with Crippen LogP contribution in [0, 0.1) is 0 Å². The Morgan fingerprint density at radius 3 is 2.69 bits per heavy atom. The molecule has 3 nitrogen and oxygen atoms in total. The molecule has 0 aromatic heterocycles. The third kappa shape index (κ3) is 4.81. The first kappa shape index (κ1) is 11.2. The highest BCUT2D eigenvalue weighted by molar-refractivity contribution is 6.21. The molecule has 0 atom stereocenters. The molecule has 1 aliphatic rings. The fourth-order valence-corrected chi connectivity index (χ4v) is 1.72. The van der Waals surface area contributed by atoms with Crippen molar-refractivity contribution < 1.29 is 9.47 Å². The number of rotatable bonds is 7. The minimum Gasteiger partial charge on any atom is -0.382 e. The van der Waals surface area contributed by atoms with E-state index in [4.69, 9.17) is 21.1 Å². The van der Waals surface area contributed by atoms with Crippen LogP contribution in [0.4, 0.5) is 0 Å². The van der Waals surface area contributed by atoms with Crippen molar-refractivity contribution in [1.29, 1.82) is 0 Å². The van der Waals surface area contributed by atoms with Crippen LogP contribution in [-0.2, 0) is 9.47 Å². The third-order valence-electron chi connectivity index (χ3n) is 2.19. The highest BCUT2D eigenvalue weighted by Crippen LogP contribution is 2.24. The van der Waals surface area contributed by atoms with Crippen molar-refractivity contribution >= 4 is 11.6 Å². The Hall–Kier alpha value is 0.170. The monoisotopic (exact) mass is 207 g/mol. The summed E-state index contributed by atoms with van der Waals surface area (Å²) in [6.07, 6.45) is 2.19. The fraction of sp³-hybridized carbons (Fsp3) is 1.00. The summed E-state index contributed by atoms with van der Waals surface area (Å²) in [5, 5.41) is 3.77. The summed E-state index contributed by atoms with van der Waals surface area (Å²) in [7, 11) is 1.68. The van der Waals surface area contributed by atoms with Crippen molar-refractivity contribution in [3.05, 3.63) is 0 Å². The van der Waals surface area contributed by atoms with E-state index >= 15 is 0 Å². The van der Waals surface area contributed by atoms with Gasteiger partial charge in [-0.2, -0.15) is 0 Å². The van der Waals surface area contributed by atoms with Gasteiger partial charge in [0.05, 0.1) is 19.8 Å². The molecule has 0 radical (unpaired) electrons. The molecule has 13 heavy (non-hydrogen) atoms. The second-order valence-corrected chi connectivity index (χ2v) is 3.94. The molecular formula is C9H18ClNO2. The van der Waals surface area contributed by atoms with Crippen LogP contribution < -0.4 is 5.32 Å². The van der Waals surface area contributed by atoms with E-state index in [2.05, 4.69) is 5.32 Å². The summed E-state index contributed by atoms with van der Waals surface area (Å²) in [5.41, 5.74) is 0. The molecule has 0 heterocycles. The van der Waals surface area contributed by atoms with Crippen molar-refractivity contribution in [2.45, 2.75) is 24.3 Å². The number of ether oxygens (including phenoxy) is 2. The van der Waals surface area contributed by atoms with Gasteiger partial charge in [-0.3, -0.25) is 0 Å². The van der Waals surface area contributed by atoms with Gasteiger partial charge in [0.2, 0.25) is 0 Å². The van der Waals surface area contributed by atoms with E-state index in [0.717, 1.165) is 26.0 Å². The molecule has 0 aliphatic heterocycles. The normalized spacial score (nSPS) is 27.2. The third-order valence-corrected chi connectivity index (χ3v) is 2.55. The van der Waals surface area contributed by atoms with Gasteiger partial charge in [0.15, 0.2) is 0 Å². The molecule has 0 unspecified atom stereocenters. The largest absolute Gasteiger partial charge is 0.382 e. The smallest absolute Gasteiger partial charge is 0.0700 e. The maximum atomic E-state index is 5.84. The Bertz CT molecular complexity index is 129. The number of hydrogen-bond acceptors (Lipinski definition) is 3. The molecule has 0 bridgehead atoms. The van der Waals surface area contributed by atoms with E-state index in [1.807, 2.05) is 0 Å². The number of hydrogen-bond donors (Lipinski definition) is 1. The molecule has 0 aromatic carbocycles. The zero-order valence-corrected chi connectivity index (χ0v) is 8.85. The highest BCUT2D eigenvalue weighted by atomic mass is 35.5. The number of halogens is 1. The van der Waals surface area contributed by atoms with Crippen LogP contribution in [-0.4, -0.2) is 44.9 Å².